The molecule has 0 aliphatic heterocycles. The standard InChI is InChI=1S/C11H9.C9H7.C6H5.2C4H10N.Sn.Zr/c1-2-6-10(7-3-1)11-8-4-5-9-11;1-2-5-9-7-3-6-8(9)4-1;1-2-4-6-5-3-1;2*1-3-5-4-2;;/h1-6,8H,9H2;1-7H;1-5H;2*3-4H2,1-2H3;;/q;;;2*-1;;+2. The van der Waals surface area contributed by atoms with Gasteiger partial charge in [0.25, 0.3) is 0 Å². The molecule has 0 spiro atoms. The van der Waals surface area contributed by atoms with Crippen molar-refractivity contribution in [2.24, 2.45) is 0 Å². The summed E-state index contributed by atoms with van der Waals surface area (Å²) in [5.74, 6) is 0. The van der Waals surface area contributed by atoms with Gasteiger partial charge in [-0.05, 0) is 0 Å². The summed E-state index contributed by atoms with van der Waals surface area (Å²) in [5, 5.41) is 7.94. The number of hydrogen-bond donors (Lipinski definition) is 0. The summed E-state index contributed by atoms with van der Waals surface area (Å²) in [6, 6.07) is 29.4. The van der Waals surface area contributed by atoms with Crippen LogP contribution in [0.15, 0.2) is 103 Å². The molecule has 1 radical (unpaired) electrons. The molecule has 5 rings (SSSR count). The first-order valence-corrected chi connectivity index (χ1v) is 18.2. The molecule has 0 heterocycles. The summed E-state index contributed by atoms with van der Waals surface area (Å²) < 4.78 is 3.75. The van der Waals surface area contributed by atoms with E-state index in [2.05, 4.69) is 120 Å². The van der Waals surface area contributed by atoms with Crippen LogP contribution in [0.4, 0.5) is 0 Å². The minimum atomic E-state index is -2.24. The third kappa shape index (κ3) is 9.30. The van der Waals surface area contributed by atoms with E-state index in [0.29, 0.717) is 3.93 Å². The average molecular weight is 688 g/mol. The van der Waals surface area contributed by atoms with Gasteiger partial charge < -0.3 is 10.6 Å². The van der Waals surface area contributed by atoms with Crippen LogP contribution in [0.3, 0.4) is 0 Å². The number of allylic oxidation sites excluding steroid dienone is 5. The molecular weight excluding hydrogens is 646 g/mol. The fraction of sp³-hybridized carbons (Fsp3) is 0.294. The first-order chi connectivity index (χ1) is 18.2. The van der Waals surface area contributed by atoms with E-state index < -0.39 is 19.8 Å². The summed E-state index contributed by atoms with van der Waals surface area (Å²) in [5.41, 5.74) is 5.85. The van der Waals surface area contributed by atoms with E-state index in [9.17, 15) is 0 Å². The molecule has 4 heteroatoms. The second kappa shape index (κ2) is 18.7. The SMILES string of the molecule is C1=CCC(c2cccc[c]2[Sn]([c]2ccccc2)[CH]2C=Cc3ccccc32)=C1.CC[N-]CC.CC[N-]CC.[Zr+2]. The van der Waals surface area contributed by atoms with Gasteiger partial charge in [-0.25, -0.2) is 0 Å². The molecule has 38 heavy (non-hydrogen) atoms. The van der Waals surface area contributed by atoms with Crippen molar-refractivity contribution in [3.63, 3.8) is 0 Å². The van der Waals surface area contributed by atoms with E-state index in [1.165, 1.54) is 22.3 Å². The van der Waals surface area contributed by atoms with Gasteiger partial charge in [0, 0.05) is 0 Å². The van der Waals surface area contributed by atoms with Crippen molar-refractivity contribution in [3.05, 3.63) is 130 Å². The van der Waals surface area contributed by atoms with Crippen LogP contribution in [0, 0.1) is 0 Å². The van der Waals surface area contributed by atoms with Crippen molar-refractivity contribution in [2.75, 3.05) is 26.2 Å². The third-order valence-corrected chi connectivity index (χ3v) is 15.3. The number of benzene rings is 3. The van der Waals surface area contributed by atoms with Crippen LogP contribution in [0.25, 0.3) is 22.3 Å². The predicted molar refractivity (Wildman–Crippen MR) is 167 cm³/mol. The molecule has 0 saturated carbocycles. The van der Waals surface area contributed by atoms with E-state index in [0.717, 1.165) is 32.6 Å². The van der Waals surface area contributed by atoms with Crippen LogP contribution in [0.1, 0.15) is 54.7 Å². The molecule has 1 unspecified atom stereocenters. The van der Waals surface area contributed by atoms with Crippen molar-refractivity contribution in [1.82, 2.24) is 0 Å². The Bertz CT molecular complexity index is 1160. The second-order valence-corrected chi connectivity index (χ2v) is 16.1. The zero-order valence-electron chi connectivity index (χ0n) is 23.4. The van der Waals surface area contributed by atoms with Gasteiger partial charge in [0.05, 0.1) is 0 Å². The monoisotopic (exact) mass is 687 g/mol. The molecule has 0 fully saturated rings. The second-order valence-electron chi connectivity index (χ2n) is 8.83. The summed E-state index contributed by atoms with van der Waals surface area (Å²) in [6.45, 7) is 12.1. The Morgan fingerprint density at radius 3 is 1.95 bits per heavy atom. The maximum atomic E-state index is 3.97. The van der Waals surface area contributed by atoms with Gasteiger partial charge >= 0.3 is 195 Å². The number of fused-ring (bicyclic) bond motifs is 1. The van der Waals surface area contributed by atoms with E-state index in [-0.39, 0.29) is 26.2 Å². The largest absolute Gasteiger partial charge is 2.00 e. The minimum absolute atomic E-state index is 0. The van der Waals surface area contributed by atoms with E-state index in [4.69, 9.17) is 0 Å². The van der Waals surface area contributed by atoms with Crippen LogP contribution in [0.5, 0.6) is 0 Å². The van der Waals surface area contributed by atoms with Gasteiger partial charge in [0.15, 0.2) is 0 Å². The number of hydrogen-bond acceptors (Lipinski definition) is 0. The van der Waals surface area contributed by atoms with Crippen LogP contribution < -0.4 is 7.16 Å². The molecular formula is C34H41N2SnZr. The normalized spacial score (nSPS) is 14.6. The quantitative estimate of drug-likeness (QED) is 0.217. The number of rotatable bonds is 8. The first-order valence-electron chi connectivity index (χ1n) is 13.7. The van der Waals surface area contributed by atoms with E-state index in [1.807, 2.05) is 27.7 Å². The molecule has 0 N–H and O–H groups in total. The van der Waals surface area contributed by atoms with Crippen molar-refractivity contribution in [2.45, 2.75) is 38.0 Å². The molecule has 0 aromatic heterocycles. The van der Waals surface area contributed by atoms with Gasteiger partial charge in [-0.2, -0.15) is 26.2 Å². The molecule has 0 bridgehead atoms. The fourth-order valence-corrected chi connectivity index (χ4v) is 13.9. The molecule has 2 aliphatic rings. The molecule has 2 aliphatic carbocycles. The molecule has 1 atom stereocenters. The smallest absolute Gasteiger partial charge is 0.663 e. The predicted octanol–water partition coefficient (Wildman–Crippen LogP) is 7.79. The Morgan fingerprint density at radius 1 is 0.737 bits per heavy atom. The Labute approximate surface area is 257 Å². The van der Waals surface area contributed by atoms with Crippen molar-refractivity contribution in [3.8, 4) is 0 Å². The summed E-state index contributed by atoms with van der Waals surface area (Å²) in [4.78, 5) is 0. The molecule has 3 aromatic carbocycles. The fourth-order valence-electron chi connectivity index (χ4n) is 4.71. The van der Waals surface area contributed by atoms with Gasteiger partial charge in [-0.3, -0.25) is 0 Å². The third-order valence-electron chi connectivity index (χ3n) is 6.42. The van der Waals surface area contributed by atoms with Gasteiger partial charge in [0.2, 0.25) is 0 Å². The van der Waals surface area contributed by atoms with Gasteiger partial charge in [0.1, 0.15) is 0 Å². The topological polar surface area (TPSA) is 28.2 Å². The minimum Gasteiger partial charge on any atom is -0.663 e. The molecule has 195 valence electrons. The summed E-state index contributed by atoms with van der Waals surface area (Å²) in [6.07, 6.45) is 12.6. The maximum Gasteiger partial charge on any atom is 2.00 e. The van der Waals surface area contributed by atoms with Crippen molar-refractivity contribution >= 4 is 38.6 Å². The Morgan fingerprint density at radius 2 is 1.34 bits per heavy atom. The maximum absolute atomic E-state index is 3.97. The summed E-state index contributed by atoms with van der Waals surface area (Å²) >= 11 is -2.24. The van der Waals surface area contributed by atoms with Crippen LogP contribution in [-0.2, 0) is 26.2 Å². The van der Waals surface area contributed by atoms with Crippen molar-refractivity contribution in [1.29, 1.82) is 0 Å². The van der Waals surface area contributed by atoms with Crippen LogP contribution in [0.2, 0.25) is 0 Å². The van der Waals surface area contributed by atoms with Gasteiger partial charge in [-0.15, -0.1) is 0 Å². The molecule has 0 amide bonds. The Balaban J connectivity index is 0.000000398. The Hall–Kier alpha value is -1.52. The summed E-state index contributed by atoms with van der Waals surface area (Å²) in [7, 11) is 0. The van der Waals surface area contributed by atoms with Crippen LogP contribution in [-0.4, -0.2) is 45.9 Å². The van der Waals surface area contributed by atoms with Crippen molar-refractivity contribution < 1.29 is 26.2 Å². The van der Waals surface area contributed by atoms with Gasteiger partial charge in [-0.1, -0.05) is 27.7 Å². The molecule has 3 aromatic rings. The van der Waals surface area contributed by atoms with E-state index >= 15 is 0 Å². The molecule has 0 saturated heterocycles. The first kappa shape index (κ1) is 32.7. The van der Waals surface area contributed by atoms with Crippen LogP contribution >= 0.6 is 0 Å². The molecule has 2 nitrogen and oxygen atoms in total. The zero-order chi connectivity index (χ0) is 26.3. The number of nitrogens with zero attached hydrogens (tertiary/aromatic N) is 2. The average Bonchev–Trinajstić information content (AvgIpc) is 3.63. The Kier molecular flexibility index (Phi) is 16.1. The van der Waals surface area contributed by atoms with E-state index in [1.54, 1.807) is 7.16 Å². The zero-order valence-corrected chi connectivity index (χ0v) is 28.7.